The van der Waals surface area contributed by atoms with Crippen LogP contribution in [0.2, 0.25) is 0 Å². The van der Waals surface area contributed by atoms with Crippen molar-refractivity contribution in [2.24, 2.45) is 0 Å². The van der Waals surface area contributed by atoms with Crippen LogP contribution in [-0.2, 0) is 9.53 Å². The molecule has 0 aromatic heterocycles. The Morgan fingerprint density at radius 2 is 2.00 bits per heavy atom. The van der Waals surface area contributed by atoms with Crippen LogP contribution < -0.4 is 5.73 Å². The number of benzene rings is 1. The fourth-order valence-electron chi connectivity index (χ4n) is 1.95. The van der Waals surface area contributed by atoms with Gasteiger partial charge in [-0.05, 0) is 45.2 Å². The van der Waals surface area contributed by atoms with Crippen molar-refractivity contribution in [2.75, 3.05) is 5.73 Å². The number of nitrogen functional groups attached to an aromatic ring is 1. The number of esters is 1. The normalized spacial score (nSPS) is 13.2. The summed E-state index contributed by atoms with van der Waals surface area (Å²) in [6.07, 6.45) is 0.113. The van der Waals surface area contributed by atoms with E-state index in [1.54, 1.807) is 33.8 Å². The van der Waals surface area contributed by atoms with Crippen LogP contribution in [0.15, 0.2) is 12.1 Å². The van der Waals surface area contributed by atoms with Crippen molar-refractivity contribution in [2.45, 2.75) is 52.6 Å². The average Bonchev–Trinajstić information content (AvgIpc) is 2.21. The zero-order chi connectivity index (χ0) is 14.8. The van der Waals surface area contributed by atoms with Crippen LogP contribution in [0.25, 0.3) is 0 Å². The Kier molecular flexibility index (Phi) is 4.56. The minimum atomic E-state index is -0.534. The lowest BCUT2D eigenvalue weighted by Crippen LogP contribution is -2.24. The molecule has 0 bridgehead atoms. The predicted octanol–water partition coefficient (Wildman–Crippen LogP) is 3.55. The third kappa shape index (κ3) is 4.23. The van der Waals surface area contributed by atoms with E-state index in [0.717, 1.165) is 5.56 Å². The molecule has 0 fully saturated rings. The SMILES string of the molecule is Cc1ccc(F)c(C(C)CC(=O)OC(C)(C)C)c1N. The van der Waals surface area contributed by atoms with Crippen LogP contribution in [0.3, 0.4) is 0 Å². The second-order valence-electron chi connectivity index (χ2n) is 5.88. The maximum absolute atomic E-state index is 13.8. The summed E-state index contributed by atoms with van der Waals surface area (Å²) in [5.74, 6) is -1.03. The molecule has 0 amide bonds. The number of anilines is 1. The summed E-state index contributed by atoms with van der Waals surface area (Å²) in [6, 6.07) is 3.01. The van der Waals surface area contributed by atoms with Gasteiger partial charge in [0.05, 0.1) is 6.42 Å². The Labute approximate surface area is 113 Å². The van der Waals surface area contributed by atoms with Gasteiger partial charge < -0.3 is 10.5 Å². The third-order valence-electron chi connectivity index (χ3n) is 2.84. The topological polar surface area (TPSA) is 52.3 Å². The Balaban J connectivity index is 2.87. The van der Waals surface area contributed by atoms with Crippen molar-refractivity contribution < 1.29 is 13.9 Å². The first-order valence-corrected chi connectivity index (χ1v) is 6.38. The van der Waals surface area contributed by atoms with Crippen LogP contribution >= 0.6 is 0 Å². The molecule has 1 rings (SSSR count). The number of carbonyl (C=O) groups is 1. The summed E-state index contributed by atoms with van der Waals surface area (Å²) in [7, 11) is 0. The number of rotatable bonds is 3. The van der Waals surface area contributed by atoms with Crippen LogP contribution in [0.4, 0.5) is 10.1 Å². The number of carbonyl (C=O) groups excluding carboxylic acids is 1. The van der Waals surface area contributed by atoms with E-state index in [1.807, 2.05) is 6.92 Å². The Bertz CT molecular complexity index is 478. The summed E-state index contributed by atoms with van der Waals surface area (Å²) < 4.78 is 19.1. The maximum Gasteiger partial charge on any atom is 0.306 e. The van der Waals surface area contributed by atoms with Gasteiger partial charge in [-0.25, -0.2) is 4.39 Å². The first kappa shape index (κ1) is 15.5. The van der Waals surface area contributed by atoms with E-state index in [1.165, 1.54) is 6.07 Å². The van der Waals surface area contributed by atoms with E-state index in [2.05, 4.69) is 0 Å². The highest BCUT2D eigenvalue weighted by atomic mass is 19.1. The summed E-state index contributed by atoms with van der Waals surface area (Å²) in [6.45, 7) is 9.00. The smallest absolute Gasteiger partial charge is 0.306 e. The molecular formula is C15H22FNO2. The molecule has 4 heteroatoms. The molecule has 0 aliphatic heterocycles. The highest BCUT2D eigenvalue weighted by Crippen LogP contribution is 2.30. The van der Waals surface area contributed by atoms with Gasteiger partial charge in [0.15, 0.2) is 0 Å². The van der Waals surface area contributed by atoms with Gasteiger partial charge in [0.25, 0.3) is 0 Å². The van der Waals surface area contributed by atoms with Gasteiger partial charge in [-0.1, -0.05) is 13.0 Å². The lowest BCUT2D eigenvalue weighted by molar-refractivity contribution is -0.155. The Hall–Kier alpha value is -1.58. The molecule has 2 N–H and O–H groups in total. The zero-order valence-corrected chi connectivity index (χ0v) is 12.2. The van der Waals surface area contributed by atoms with Crippen molar-refractivity contribution in [1.82, 2.24) is 0 Å². The minimum Gasteiger partial charge on any atom is -0.460 e. The van der Waals surface area contributed by atoms with Crippen molar-refractivity contribution in [3.8, 4) is 0 Å². The second-order valence-corrected chi connectivity index (χ2v) is 5.88. The predicted molar refractivity (Wildman–Crippen MR) is 74.4 cm³/mol. The van der Waals surface area contributed by atoms with E-state index >= 15 is 0 Å². The molecular weight excluding hydrogens is 245 g/mol. The van der Waals surface area contributed by atoms with Crippen LogP contribution in [0, 0.1) is 12.7 Å². The van der Waals surface area contributed by atoms with E-state index in [9.17, 15) is 9.18 Å². The molecule has 1 atom stereocenters. The van der Waals surface area contributed by atoms with Gasteiger partial charge in [-0.3, -0.25) is 4.79 Å². The number of hydrogen-bond acceptors (Lipinski definition) is 3. The van der Waals surface area contributed by atoms with E-state index in [0.29, 0.717) is 11.3 Å². The van der Waals surface area contributed by atoms with Gasteiger partial charge in [-0.15, -0.1) is 0 Å². The lowest BCUT2D eigenvalue weighted by atomic mass is 9.93. The third-order valence-corrected chi connectivity index (χ3v) is 2.84. The van der Waals surface area contributed by atoms with Crippen molar-refractivity contribution in [3.63, 3.8) is 0 Å². The van der Waals surface area contributed by atoms with Gasteiger partial charge in [0, 0.05) is 11.3 Å². The monoisotopic (exact) mass is 267 g/mol. The van der Waals surface area contributed by atoms with Gasteiger partial charge in [0.1, 0.15) is 11.4 Å². The Morgan fingerprint density at radius 1 is 1.42 bits per heavy atom. The maximum atomic E-state index is 13.8. The fourth-order valence-corrected chi connectivity index (χ4v) is 1.95. The summed E-state index contributed by atoms with van der Waals surface area (Å²) in [5.41, 5.74) is 6.98. The van der Waals surface area contributed by atoms with Gasteiger partial charge in [0.2, 0.25) is 0 Å². The quantitative estimate of drug-likeness (QED) is 0.673. The van der Waals surface area contributed by atoms with Crippen LogP contribution in [0.5, 0.6) is 0 Å². The number of halogens is 1. The van der Waals surface area contributed by atoms with E-state index < -0.39 is 5.60 Å². The van der Waals surface area contributed by atoms with Crippen molar-refractivity contribution in [3.05, 3.63) is 29.1 Å². The first-order chi connectivity index (χ1) is 8.61. The van der Waals surface area contributed by atoms with Crippen LogP contribution in [0.1, 0.15) is 51.2 Å². The summed E-state index contributed by atoms with van der Waals surface area (Å²) >= 11 is 0. The highest BCUT2D eigenvalue weighted by Gasteiger charge is 2.22. The van der Waals surface area contributed by atoms with Gasteiger partial charge in [-0.2, -0.15) is 0 Å². The molecule has 0 aliphatic rings. The van der Waals surface area contributed by atoms with Crippen molar-refractivity contribution in [1.29, 1.82) is 0 Å². The number of nitrogens with two attached hydrogens (primary N) is 1. The molecule has 0 saturated heterocycles. The molecule has 0 spiro atoms. The highest BCUT2D eigenvalue weighted by molar-refractivity contribution is 5.72. The van der Waals surface area contributed by atoms with Gasteiger partial charge >= 0.3 is 5.97 Å². The first-order valence-electron chi connectivity index (χ1n) is 6.38. The van der Waals surface area contributed by atoms with E-state index in [-0.39, 0.29) is 24.1 Å². The molecule has 106 valence electrons. The molecule has 1 unspecified atom stereocenters. The Morgan fingerprint density at radius 3 is 2.53 bits per heavy atom. The standard InChI is InChI=1S/C15H22FNO2/c1-9-6-7-11(16)13(14(9)17)10(2)8-12(18)19-15(3,4)5/h6-7,10H,8,17H2,1-5H3. The molecule has 1 aromatic carbocycles. The number of hydrogen-bond donors (Lipinski definition) is 1. The van der Waals surface area contributed by atoms with E-state index in [4.69, 9.17) is 10.5 Å². The van der Waals surface area contributed by atoms with Crippen LogP contribution in [-0.4, -0.2) is 11.6 Å². The fraction of sp³-hybridized carbons (Fsp3) is 0.533. The lowest BCUT2D eigenvalue weighted by Gasteiger charge is -2.22. The molecule has 3 nitrogen and oxygen atoms in total. The summed E-state index contributed by atoms with van der Waals surface area (Å²) in [5, 5.41) is 0. The second kappa shape index (κ2) is 5.59. The molecule has 0 aliphatic carbocycles. The zero-order valence-electron chi connectivity index (χ0n) is 12.2. The molecule has 0 heterocycles. The molecule has 0 radical (unpaired) electrons. The van der Waals surface area contributed by atoms with Crippen molar-refractivity contribution >= 4 is 11.7 Å². The molecule has 19 heavy (non-hydrogen) atoms. The minimum absolute atomic E-state index is 0.113. The number of aryl methyl sites for hydroxylation is 1. The molecule has 1 aromatic rings. The summed E-state index contributed by atoms with van der Waals surface area (Å²) in [4.78, 5) is 11.8. The molecule has 0 saturated carbocycles. The number of ether oxygens (including phenoxy) is 1. The average molecular weight is 267 g/mol. The largest absolute Gasteiger partial charge is 0.460 e.